The minimum atomic E-state index is 0.300. The third-order valence-corrected chi connectivity index (χ3v) is 3.43. The molecule has 0 saturated carbocycles. The van der Waals surface area contributed by atoms with Crippen molar-refractivity contribution in [2.75, 3.05) is 0 Å². The van der Waals surface area contributed by atoms with Crippen molar-refractivity contribution in [2.45, 2.75) is 0 Å². The van der Waals surface area contributed by atoms with Crippen molar-refractivity contribution in [3.63, 3.8) is 0 Å². The molecule has 0 aliphatic rings. The van der Waals surface area contributed by atoms with Gasteiger partial charge in [0.15, 0.2) is 10.8 Å². The summed E-state index contributed by atoms with van der Waals surface area (Å²) in [4.78, 5) is 4.31. The van der Waals surface area contributed by atoms with Gasteiger partial charge < -0.3 is 0 Å². The largest absolute Gasteiger partial charge is 0.236 e. The first-order chi connectivity index (χ1) is 8.79. The summed E-state index contributed by atoms with van der Waals surface area (Å²) in [7, 11) is 0. The Morgan fingerprint density at radius 1 is 1.22 bits per heavy atom. The quantitative estimate of drug-likeness (QED) is 0.682. The van der Waals surface area contributed by atoms with Crippen LogP contribution >= 0.6 is 23.3 Å². The average Bonchev–Trinajstić information content (AvgIpc) is 2.83. The second kappa shape index (κ2) is 4.33. The molecule has 6 heteroatoms. The molecule has 0 spiro atoms. The number of halogens is 1. The molecule has 3 aromatic rings. The maximum atomic E-state index is 9.17. The van der Waals surface area contributed by atoms with Crippen LogP contribution < -0.4 is 0 Å². The van der Waals surface area contributed by atoms with Gasteiger partial charge in [-0.1, -0.05) is 29.8 Å². The van der Waals surface area contributed by atoms with Crippen LogP contribution in [-0.2, 0) is 0 Å². The van der Waals surface area contributed by atoms with E-state index in [9.17, 15) is 0 Å². The predicted octanol–water partition coefficient (Wildman–Crippen LogP) is 3.28. The zero-order chi connectivity index (χ0) is 12.5. The number of para-hydroxylation sites is 1. The molecule has 0 saturated heterocycles. The van der Waals surface area contributed by atoms with E-state index in [0.717, 1.165) is 22.6 Å². The van der Waals surface area contributed by atoms with Gasteiger partial charge in [-0.3, -0.25) is 0 Å². The van der Waals surface area contributed by atoms with Crippen LogP contribution in [-0.4, -0.2) is 13.7 Å². The fourth-order valence-corrected chi connectivity index (χ4v) is 2.47. The first-order valence-corrected chi connectivity index (χ1v) is 6.19. The topological polar surface area (TPSA) is 62.5 Å². The number of aromatic nitrogens is 3. The Bertz CT molecular complexity index is 775. The summed E-state index contributed by atoms with van der Waals surface area (Å²) in [5.41, 5.74) is 2.21. The van der Waals surface area contributed by atoms with Gasteiger partial charge in [-0.15, -0.1) is 0 Å². The van der Waals surface area contributed by atoms with E-state index in [1.54, 1.807) is 0 Å². The standard InChI is InChI=1S/C12H5ClN4S/c13-12-11(16-18-17-12)8-5-7-3-1-2-4-9(7)15-10(8)6-14/h1-5H. The van der Waals surface area contributed by atoms with E-state index >= 15 is 0 Å². The van der Waals surface area contributed by atoms with Gasteiger partial charge >= 0.3 is 0 Å². The van der Waals surface area contributed by atoms with Crippen molar-refractivity contribution in [1.82, 2.24) is 13.7 Å². The summed E-state index contributed by atoms with van der Waals surface area (Å²) >= 11 is 6.97. The molecular formula is C12H5ClN4S. The van der Waals surface area contributed by atoms with Gasteiger partial charge in [0.05, 0.1) is 17.2 Å². The van der Waals surface area contributed by atoms with E-state index in [4.69, 9.17) is 16.9 Å². The number of rotatable bonds is 1. The van der Waals surface area contributed by atoms with Crippen LogP contribution in [0.2, 0.25) is 5.15 Å². The van der Waals surface area contributed by atoms with Crippen LogP contribution in [0.15, 0.2) is 30.3 Å². The fraction of sp³-hybridized carbons (Fsp3) is 0. The van der Waals surface area contributed by atoms with E-state index in [2.05, 4.69) is 19.8 Å². The van der Waals surface area contributed by atoms with Crippen molar-refractivity contribution in [1.29, 1.82) is 5.26 Å². The fourth-order valence-electron chi connectivity index (χ4n) is 1.72. The van der Waals surface area contributed by atoms with E-state index < -0.39 is 0 Å². The third kappa shape index (κ3) is 1.72. The molecule has 4 nitrogen and oxygen atoms in total. The summed E-state index contributed by atoms with van der Waals surface area (Å²) in [6.45, 7) is 0. The smallest absolute Gasteiger partial charge is 0.170 e. The van der Waals surface area contributed by atoms with Gasteiger partial charge in [-0.2, -0.15) is 14.0 Å². The van der Waals surface area contributed by atoms with E-state index in [0.29, 0.717) is 22.1 Å². The molecule has 1 aromatic carbocycles. The molecule has 0 unspecified atom stereocenters. The van der Waals surface area contributed by atoms with Crippen LogP contribution in [0, 0.1) is 11.3 Å². The van der Waals surface area contributed by atoms with Gasteiger partial charge in [0.25, 0.3) is 0 Å². The number of benzene rings is 1. The summed E-state index contributed by atoms with van der Waals surface area (Å²) < 4.78 is 8.02. The minimum absolute atomic E-state index is 0.300. The zero-order valence-corrected chi connectivity index (χ0v) is 10.5. The van der Waals surface area contributed by atoms with Crippen LogP contribution in [0.5, 0.6) is 0 Å². The monoisotopic (exact) mass is 272 g/mol. The Morgan fingerprint density at radius 2 is 2.06 bits per heavy atom. The highest BCUT2D eigenvalue weighted by Gasteiger charge is 2.15. The first-order valence-electron chi connectivity index (χ1n) is 5.08. The SMILES string of the molecule is N#Cc1nc2ccccc2cc1-c1nsnc1Cl. The molecule has 3 rings (SSSR count). The maximum Gasteiger partial charge on any atom is 0.170 e. The molecule has 0 atom stereocenters. The lowest BCUT2D eigenvalue weighted by Crippen LogP contribution is -1.91. The van der Waals surface area contributed by atoms with Crippen LogP contribution in [0.25, 0.3) is 22.2 Å². The zero-order valence-electron chi connectivity index (χ0n) is 8.96. The molecular weight excluding hydrogens is 268 g/mol. The minimum Gasteiger partial charge on any atom is -0.236 e. The van der Waals surface area contributed by atoms with Crippen LogP contribution in [0.3, 0.4) is 0 Å². The summed E-state index contributed by atoms with van der Waals surface area (Å²) in [5.74, 6) is 0. The van der Waals surface area contributed by atoms with Gasteiger partial charge in [0, 0.05) is 10.9 Å². The molecule has 0 fully saturated rings. The molecule has 2 aromatic heterocycles. The van der Waals surface area contributed by atoms with E-state index in [-0.39, 0.29) is 0 Å². The Kier molecular flexibility index (Phi) is 2.67. The second-order valence-corrected chi connectivity index (χ2v) is 4.48. The Balaban J connectivity index is 2.35. The Hall–Kier alpha value is -2.03. The number of nitrogens with zero attached hydrogens (tertiary/aromatic N) is 4. The molecule has 0 radical (unpaired) electrons. The number of nitriles is 1. The van der Waals surface area contributed by atoms with Gasteiger partial charge in [-0.05, 0) is 12.1 Å². The predicted molar refractivity (Wildman–Crippen MR) is 70.4 cm³/mol. The molecule has 0 N–H and O–H groups in total. The van der Waals surface area contributed by atoms with Gasteiger partial charge in [-0.25, -0.2) is 4.98 Å². The molecule has 18 heavy (non-hydrogen) atoms. The lowest BCUT2D eigenvalue weighted by molar-refractivity contribution is 1.31. The highest BCUT2D eigenvalue weighted by atomic mass is 35.5. The number of pyridine rings is 1. The van der Waals surface area contributed by atoms with Gasteiger partial charge in [0.2, 0.25) is 0 Å². The van der Waals surface area contributed by atoms with Crippen LogP contribution in [0.1, 0.15) is 5.69 Å². The highest BCUT2D eigenvalue weighted by Crippen LogP contribution is 2.30. The third-order valence-electron chi connectivity index (χ3n) is 2.53. The molecule has 0 amide bonds. The average molecular weight is 273 g/mol. The molecule has 0 bridgehead atoms. The summed E-state index contributed by atoms with van der Waals surface area (Å²) in [5, 5.41) is 10.4. The van der Waals surface area contributed by atoms with Crippen LogP contribution in [0.4, 0.5) is 0 Å². The maximum absolute atomic E-state index is 9.17. The van der Waals surface area contributed by atoms with Crippen molar-refractivity contribution >= 4 is 34.2 Å². The number of hydrogen-bond donors (Lipinski definition) is 0. The van der Waals surface area contributed by atoms with Crippen molar-refractivity contribution in [2.24, 2.45) is 0 Å². The van der Waals surface area contributed by atoms with Crippen molar-refractivity contribution < 1.29 is 0 Å². The summed E-state index contributed by atoms with van der Waals surface area (Å²) in [6.07, 6.45) is 0. The highest BCUT2D eigenvalue weighted by molar-refractivity contribution is 6.99. The normalized spacial score (nSPS) is 10.4. The Labute approximate surface area is 112 Å². The lowest BCUT2D eigenvalue weighted by Gasteiger charge is -2.03. The number of fused-ring (bicyclic) bond motifs is 1. The molecule has 86 valence electrons. The van der Waals surface area contributed by atoms with Gasteiger partial charge in [0.1, 0.15) is 11.8 Å². The first kappa shape index (κ1) is 11.1. The molecule has 0 aliphatic carbocycles. The van der Waals surface area contributed by atoms with Crippen molar-refractivity contribution in [3.8, 4) is 17.3 Å². The molecule has 0 aliphatic heterocycles. The van der Waals surface area contributed by atoms with Crippen molar-refractivity contribution in [3.05, 3.63) is 41.2 Å². The van der Waals surface area contributed by atoms with E-state index in [1.165, 1.54) is 0 Å². The number of hydrogen-bond acceptors (Lipinski definition) is 5. The lowest BCUT2D eigenvalue weighted by atomic mass is 10.1. The van der Waals surface area contributed by atoms with E-state index in [1.807, 2.05) is 30.3 Å². The Morgan fingerprint density at radius 3 is 2.78 bits per heavy atom. The molecule has 2 heterocycles. The summed E-state index contributed by atoms with van der Waals surface area (Å²) in [6, 6.07) is 11.5. The second-order valence-electron chi connectivity index (χ2n) is 3.59.